The number of aliphatic imine (C=N–C) groups is 1. The van der Waals surface area contributed by atoms with Crippen LogP contribution in [0.1, 0.15) is 56.7 Å². The van der Waals surface area contributed by atoms with E-state index in [9.17, 15) is 0 Å². The van der Waals surface area contributed by atoms with Gasteiger partial charge >= 0.3 is 0 Å². The summed E-state index contributed by atoms with van der Waals surface area (Å²) in [5.74, 6) is 2.25. The number of guanidine groups is 1. The predicted octanol–water partition coefficient (Wildman–Crippen LogP) is 3.05. The van der Waals surface area contributed by atoms with Crippen LogP contribution in [0, 0.1) is 5.92 Å². The Balaban J connectivity index is 1.77. The van der Waals surface area contributed by atoms with Gasteiger partial charge in [0.2, 0.25) is 0 Å². The molecule has 2 N–H and O–H groups in total. The lowest BCUT2D eigenvalue weighted by Crippen LogP contribution is -2.39. The number of likely N-dealkylation sites (tertiary alicyclic amines) is 1. The summed E-state index contributed by atoms with van der Waals surface area (Å²) >= 11 is 1.71. The minimum absolute atomic E-state index is 0.486. The Morgan fingerprint density at radius 1 is 1.38 bits per heavy atom. The molecule has 1 aromatic rings. The first-order chi connectivity index (χ1) is 11.6. The third-order valence-electron chi connectivity index (χ3n) is 4.56. The monoisotopic (exact) mass is 351 g/mol. The molecule has 0 aliphatic carbocycles. The molecular formula is C18H33N5S. The summed E-state index contributed by atoms with van der Waals surface area (Å²) in [6, 6.07) is 0. The molecular weight excluding hydrogens is 318 g/mol. The average Bonchev–Trinajstić information content (AvgIpc) is 3.04. The van der Waals surface area contributed by atoms with Crippen LogP contribution in [-0.2, 0) is 6.54 Å². The van der Waals surface area contributed by atoms with E-state index in [-0.39, 0.29) is 0 Å². The SMILES string of the molecule is CCNC(=NCc1nc(C(C)C)cs1)NCCC1CCN(C)CC1. The van der Waals surface area contributed by atoms with Crippen LogP contribution < -0.4 is 10.6 Å². The fourth-order valence-electron chi connectivity index (χ4n) is 2.90. The fourth-order valence-corrected chi connectivity index (χ4v) is 3.78. The second-order valence-electron chi connectivity index (χ2n) is 6.98. The summed E-state index contributed by atoms with van der Waals surface area (Å²) in [5, 5.41) is 10.1. The highest BCUT2D eigenvalue weighted by molar-refractivity contribution is 7.09. The Morgan fingerprint density at radius 3 is 2.75 bits per heavy atom. The van der Waals surface area contributed by atoms with Crippen molar-refractivity contribution in [3.8, 4) is 0 Å². The Morgan fingerprint density at radius 2 is 2.12 bits per heavy atom. The van der Waals surface area contributed by atoms with Gasteiger partial charge in [-0.25, -0.2) is 9.98 Å². The molecule has 0 atom stereocenters. The van der Waals surface area contributed by atoms with E-state index in [2.05, 4.69) is 58.7 Å². The van der Waals surface area contributed by atoms with E-state index in [1.165, 1.54) is 38.0 Å². The van der Waals surface area contributed by atoms with Crippen molar-refractivity contribution < 1.29 is 0 Å². The number of rotatable bonds is 7. The smallest absolute Gasteiger partial charge is 0.191 e. The van der Waals surface area contributed by atoms with E-state index in [4.69, 9.17) is 0 Å². The van der Waals surface area contributed by atoms with E-state index in [0.29, 0.717) is 12.5 Å². The first kappa shape index (κ1) is 19.2. The molecule has 0 unspecified atom stereocenters. The molecule has 5 nitrogen and oxygen atoms in total. The standard InChI is InChI=1S/C18H33N5S/c1-5-19-18(20-9-6-15-7-10-23(4)11-8-15)21-12-17-22-16(13-24-17)14(2)3/h13-15H,5-12H2,1-4H3,(H2,19,20,21). The van der Waals surface area contributed by atoms with E-state index in [1.807, 2.05) is 0 Å². The zero-order chi connectivity index (χ0) is 17.4. The average molecular weight is 352 g/mol. The Labute approximate surface area is 151 Å². The highest BCUT2D eigenvalue weighted by Gasteiger charge is 2.16. The van der Waals surface area contributed by atoms with Gasteiger partial charge in [0.1, 0.15) is 5.01 Å². The number of nitrogens with one attached hydrogen (secondary N) is 2. The first-order valence-corrected chi connectivity index (χ1v) is 10.1. The van der Waals surface area contributed by atoms with Gasteiger partial charge in [0.25, 0.3) is 0 Å². The van der Waals surface area contributed by atoms with Gasteiger partial charge in [-0.1, -0.05) is 13.8 Å². The molecule has 0 spiro atoms. The van der Waals surface area contributed by atoms with Crippen molar-refractivity contribution in [1.29, 1.82) is 0 Å². The topological polar surface area (TPSA) is 52.6 Å². The molecule has 0 saturated carbocycles. The number of hydrogen-bond acceptors (Lipinski definition) is 4. The van der Waals surface area contributed by atoms with Crippen LogP contribution in [-0.4, -0.2) is 49.1 Å². The lowest BCUT2D eigenvalue weighted by molar-refractivity contribution is 0.213. The Kier molecular flexibility index (Phi) is 7.99. The zero-order valence-corrected chi connectivity index (χ0v) is 16.5. The van der Waals surface area contributed by atoms with Crippen molar-refractivity contribution >= 4 is 17.3 Å². The number of hydrogen-bond donors (Lipinski definition) is 2. The predicted molar refractivity (Wildman–Crippen MR) is 104 cm³/mol. The third kappa shape index (κ3) is 6.40. The molecule has 2 heterocycles. The summed E-state index contributed by atoms with van der Waals surface area (Å²) in [5.41, 5.74) is 1.17. The van der Waals surface area contributed by atoms with Gasteiger partial charge in [-0.3, -0.25) is 0 Å². The maximum absolute atomic E-state index is 4.69. The first-order valence-electron chi connectivity index (χ1n) is 9.23. The Bertz CT molecular complexity index is 503. The molecule has 6 heteroatoms. The molecule has 0 radical (unpaired) electrons. The van der Waals surface area contributed by atoms with Crippen LogP contribution in [0.15, 0.2) is 10.4 Å². The summed E-state index contributed by atoms with van der Waals surface area (Å²) in [4.78, 5) is 11.8. The second-order valence-corrected chi connectivity index (χ2v) is 7.92. The zero-order valence-electron chi connectivity index (χ0n) is 15.6. The molecule has 0 amide bonds. The minimum Gasteiger partial charge on any atom is -0.357 e. The molecule has 1 aliphatic heterocycles. The van der Waals surface area contributed by atoms with Gasteiger partial charge in [-0.05, 0) is 58.2 Å². The lowest BCUT2D eigenvalue weighted by Gasteiger charge is -2.29. The largest absolute Gasteiger partial charge is 0.357 e. The van der Waals surface area contributed by atoms with Crippen molar-refractivity contribution in [2.75, 3.05) is 33.2 Å². The second kappa shape index (κ2) is 9.99. The van der Waals surface area contributed by atoms with E-state index in [1.54, 1.807) is 11.3 Å². The van der Waals surface area contributed by atoms with E-state index < -0.39 is 0 Å². The number of nitrogens with zero attached hydrogens (tertiary/aromatic N) is 3. The molecule has 1 saturated heterocycles. The van der Waals surface area contributed by atoms with Crippen LogP contribution in [0.3, 0.4) is 0 Å². The van der Waals surface area contributed by atoms with Crippen molar-refractivity contribution in [2.45, 2.75) is 52.5 Å². The van der Waals surface area contributed by atoms with Crippen molar-refractivity contribution in [1.82, 2.24) is 20.5 Å². The highest BCUT2D eigenvalue weighted by atomic mass is 32.1. The van der Waals surface area contributed by atoms with Crippen LogP contribution >= 0.6 is 11.3 Å². The van der Waals surface area contributed by atoms with Crippen LogP contribution in [0.4, 0.5) is 0 Å². The quantitative estimate of drug-likeness (QED) is 0.586. The van der Waals surface area contributed by atoms with Crippen molar-refractivity contribution in [3.05, 3.63) is 16.1 Å². The fraction of sp³-hybridized carbons (Fsp3) is 0.778. The van der Waals surface area contributed by atoms with Gasteiger partial charge in [-0.15, -0.1) is 11.3 Å². The van der Waals surface area contributed by atoms with Gasteiger partial charge in [-0.2, -0.15) is 0 Å². The number of aromatic nitrogens is 1. The molecule has 24 heavy (non-hydrogen) atoms. The molecule has 136 valence electrons. The highest BCUT2D eigenvalue weighted by Crippen LogP contribution is 2.19. The Hall–Kier alpha value is -1.14. The lowest BCUT2D eigenvalue weighted by atomic mass is 9.94. The van der Waals surface area contributed by atoms with Crippen LogP contribution in [0.2, 0.25) is 0 Å². The van der Waals surface area contributed by atoms with Crippen LogP contribution in [0.5, 0.6) is 0 Å². The summed E-state index contributed by atoms with van der Waals surface area (Å²) in [6.45, 7) is 11.5. The molecule has 0 aromatic carbocycles. The molecule has 1 aliphatic rings. The van der Waals surface area contributed by atoms with E-state index in [0.717, 1.165) is 30.0 Å². The van der Waals surface area contributed by atoms with Gasteiger partial charge in [0.05, 0.1) is 12.2 Å². The van der Waals surface area contributed by atoms with Crippen molar-refractivity contribution in [3.63, 3.8) is 0 Å². The number of piperidine rings is 1. The van der Waals surface area contributed by atoms with Gasteiger partial charge < -0.3 is 15.5 Å². The normalized spacial score (nSPS) is 17.5. The summed E-state index contributed by atoms with van der Waals surface area (Å²) in [7, 11) is 2.22. The summed E-state index contributed by atoms with van der Waals surface area (Å²) in [6.07, 6.45) is 3.87. The molecule has 2 rings (SSSR count). The van der Waals surface area contributed by atoms with E-state index >= 15 is 0 Å². The summed E-state index contributed by atoms with van der Waals surface area (Å²) < 4.78 is 0. The third-order valence-corrected chi connectivity index (χ3v) is 5.41. The maximum Gasteiger partial charge on any atom is 0.191 e. The molecule has 0 bridgehead atoms. The van der Waals surface area contributed by atoms with Gasteiger partial charge in [0, 0.05) is 18.5 Å². The minimum atomic E-state index is 0.486. The molecule has 1 aromatic heterocycles. The number of thiazole rings is 1. The van der Waals surface area contributed by atoms with Crippen molar-refractivity contribution in [2.24, 2.45) is 10.9 Å². The maximum atomic E-state index is 4.69. The van der Waals surface area contributed by atoms with Crippen LogP contribution in [0.25, 0.3) is 0 Å². The molecule has 1 fully saturated rings. The van der Waals surface area contributed by atoms with Gasteiger partial charge in [0.15, 0.2) is 5.96 Å².